The molecule has 0 unspecified atom stereocenters. The third-order valence-electron chi connectivity index (χ3n) is 6.63. The highest BCUT2D eigenvalue weighted by Gasteiger charge is 2.21. The van der Waals surface area contributed by atoms with Gasteiger partial charge in [0.25, 0.3) is 0 Å². The lowest BCUT2D eigenvalue weighted by Gasteiger charge is -2.18. The molecule has 4 rings (SSSR count). The third-order valence-corrected chi connectivity index (χ3v) is 8.70. The van der Waals surface area contributed by atoms with E-state index in [1.807, 2.05) is 36.6 Å². The van der Waals surface area contributed by atoms with Crippen molar-refractivity contribution in [3.05, 3.63) is 82.7 Å². The van der Waals surface area contributed by atoms with Gasteiger partial charge < -0.3 is 18.8 Å². The minimum absolute atomic E-state index is 0.188. The molecule has 0 spiro atoms. The number of sulfonamides is 1. The molecular weight excluding hydrogens is 520 g/mol. The Hall–Kier alpha value is -3.89. The molecule has 206 valence electrons. The van der Waals surface area contributed by atoms with E-state index in [1.165, 1.54) is 28.6 Å². The minimum atomic E-state index is -3.55. The first-order chi connectivity index (χ1) is 18.6. The van der Waals surface area contributed by atoms with Crippen LogP contribution in [0.1, 0.15) is 46.7 Å². The maximum Gasteiger partial charge on any atom is 0.331 e. The summed E-state index contributed by atoms with van der Waals surface area (Å²) in [4.78, 5) is 25.3. The van der Waals surface area contributed by atoms with Crippen LogP contribution in [0.15, 0.2) is 59.5 Å². The molecule has 0 amide bonds. The van der Waals surface area contributed by atoms with Crippen LogP contribution >= 0.6 is 0 Å². The summed E-state index contributed by atoms with van der Waals surface area (Å²) in [5, 5.41) is 0. The molecule has 0 bridgehead atoms. The molecular formula is C29H32N2O7S. The summed E-state index contributed by atoms with van der Waals surface area (Å²) in [5.74, 6) is 0.448. The predicted molar refractivity (Wildman–Crippen MR) is 146 cm³/mol. The molecule has 0 atom stereocenters. The van der Waals surface area contributed by atoms with Gasteiger partial charge in [-0.15, -0.1) is 0 Å². The number of hydrogen-bond donors (Lipinski definition) is 0. The lowest BCUT2D eigenvalue weighted by molar-refractivity contribution is -0.136. The summed E-state index contributed by atoms with van der Waals surface area (Å²) < 4.78 is 44.6. The van der Waals surface area contributed by atoms with Crippen molar-refractivity contribution in [2.24, 2.45) is 0 Å². The zero-order valence-electron chi connectivity index (χ0n) is 22.5. The summed E-state index contributed by atoms with van der Waals surface area (Å²) in [5.41, 5.74) is 3.82. The number of Topliss-reactive ketones (excluding diaryl/α,β-unsaturated/α-hetero) is 1. The first-order valence-electron chi connectivity index (χ1n) is 12.7. The highest BCUT2D eigenvalue weighted by molar-refractivity contribution is 7.89. The van der Waals surface area contributed by atoms with Gasteiger partial charge in [0.05, 0.1) is 4.90 Å². The van der Waals surface area contributed by atoms with Crippen LogP contribution < -0.4 is 9.47 Å². The number of hydrogen-bond acceptors (Lipinski definition) is 7. The Morgan fingerprint density at radius 1 is 1.00 bits per heavy atom. The van der Waals surface area contributed by atoms with E-state index < -0.39 is 22.6 Å². The van der Waals surface area contributed by atoms with E-state index in [-0.39, 0.29) is 17.5 Å². The molecule has 3 aromatic rings. The maximum atomic E-state index is 12.8. The van der Waals surface area contributed by atoms with Crippen LogP contribution in [-0.2, 0) is 26.1 Å². The number of nitrogens with zero attached hydrogens (tertiary/aromatic N) is 2. The zero-order chi connectivity index (χ0) is 28.2. The largest absolute Gasteiger partial charge is 0.454 e. The summed E-state index contributed by atoms with van der Waals surface area (Å²) >= 11 is 0. The number of fused-ring (bicyclic) bond motifs is 1. The van der Waals surface area contributed by atoms with E-state index in [0.29, 0.717) is 42.3 Å². The van der Waals surface area contributed by atoms with E-state index in [1.54, 1.807) is 32.0 Å². The average Bonchev–Trinajstić information content (AvgIpc) is 3.51. The fraction of sp³-hybridized carbons (Fsp3) is 0.310. The first-order valence-corrected chi connectivity index (χ1v) is 14.1. The number of ether oxygens (including phenoxy) is 3. The smallest absolute Gasteiger partial charge is 0.331 e. The molecule has 1 aliphatic heterocycles. The molecule has 0 fully saturated rings. The summed E-state index contributed by atoms with van der Waals surface area (Å²) in [6.45, 7) is 8.49. The van der Waals surface area contributed by atoms with Crippen LogP contribution in [-0.4, -0.2) is 55.5 Å². The highest BCUT2D eigenvalue weighted by atomic mass is 32.2. The molecule has 1 aromatic heterocycles. The van der Waals surface area contributed by atoms with Gasteiger partial charge in [-0.2, -0.15) is 4.31 Å². The molecule has 0 saturated heterocycles. The van der Waals surface area contributed by atoms with Gasteiger partial charge in [0, 0.05) is 42.7 Å². The Kier molecular flexibility index (Phi) is 8.57. The van der Waals surface area contributed by atoms with Crippen LogP contribution in [0.5, 0.6) is 11.5 Å². The predicted octanol–water partition coefficient (Wildman–Crippen LogP) is 4.35. The Balaban J connectivity index is 1.35. The van der Waals surface area contributed by atoms with Crippen molar-refractivity contribution in [2.45, 2.75) is 39.1 Å². The molecule has 2 aromatic carbocycles. The fourth-order valence-corrected chi connectivity index (χ4v) is 5.90. The second-order valence-electron chi connectivity index (χ2n) is 9.08. The van der Waals surface area contributed by atoms with Crippen LogP contribution in [0.3, 0.4) is 0 Å². The van der Waals surface area contributed by atoms with Crippen molar-refractivity contribution in [1.29, 1.82) is 0 Å². The second-order valence-corrected chi connectivity index (χ2v) is 11.0. The molecule has 1 aliphatic rings. The Bertz CT molecular complexity index is 1500. The lowest BCUT2D eigenvalue weighted by atomic mass is 10.1. The normalized spacial score (nSPS) is 12.8. The number of aromatic nitrogens is 1. The lowest BCUT2D eigenvalue weighted by Crippen LogP contribution is -2.30. The molecule has 0 N–H and O–H groups in total. The van der Waals surface area contributed by atoms with Crippen LogP contribution in [0.2, 0.25) is 0 Å². The highest BCUT2D eigenvalue weighted by Crippen LogP contribution is 2.33. The van der Waals surface area contributed by atoms with Crippen molar-refractivity contribution in [2.75, 3.05) is 26.5 Å². The SMILES string of the molecule is CCN(CC)S(=O)(=O)c1ccc(C=CC(=O)OCC(=O)c2cc(C)n(Cc3ccc4c(c3)OCO4)c2C)cc1. The minimum Gasteiger partial charge on any atom is -0.454 e. The maximum absolute atomic E-state index is 12.8. The Morgan fingerprint density at radius 2 is 1.69 bits per heavy atom. The number of aryl methyl sites for hydroxylation is 1. The van der Waals surface area contributed by atoms with Crippen molar-refractivity contribution < 1.29 is 32.2 Å². The second kappa shape index (κ2) is 11.9. The first kappa shape index (κ1) is 28.1. The van der Waals surface area contributed by atoms with E-state index in [4.69, 9.17) is 14.2 Å². The average molecular weight is 553 g/mol. The fourth-order valence-electron chi connectivity index (χ4n) is 4.44. The van der Waals surface area contributed by atoms with E-state index >= 15 is 0 Å². The topological polar surface area (TPSA) is 104 Å². The van der Waals surface area contributed by atoms with Gasteiger partial charge in [0.2, 0.25) is 22.6 Å². The quantitative estimate of drug-likeness (QED) is 0.198. The van der Waals surface area contributed by atoms with Gasteiger partial charge in [-0.05, 0) is 61.4 Å². The Labute approximate surface area is 228 Å². The molecule has 0 radical (unpaired) electrons. The van der Waals surface area contributed by atoms with Crippen molar-refractivity contribution in [1.82, 2.24) is 8.87 Å². The molecule has 0 aliphatic carbocycles. The third kappa shape index (κ3) is 6.23. The monoisotopic (exact) mass is 552 g/mol. The summed E-state index contributed by atoms with van der Waals surface area (Å²) in [6.07, 6.45) is 2.72. The number of benzene rings is 2. The van der Waals surface area contributed by atoms with Gasteiger partial charge in [-0.25, -0.2) is 13.2 Å². The van der Waals surface area contributed by atoms with E-state index in [9.17, 15) is 18.0 Å². The van der Waals surface area contributed by atoms with Gasteiger partial charge in [-0.1, -0.05) is 32.0 Å². The number of rotatable bonds is 11. The molecule has 0 saturated carbocycles. The molecule has 10 heteroatoms. The number of esters is 1. The number of ketones is 1. The van der Waals surface area contributed by atoms with Crippen molar-refractivity contribution >= 4 is 27.9 Å². The van der Waals surface area contributed by atoms with E-state index in [0.717, 1.165) is 17.0 Å². The van der Waals surface area contributed by atoms with Gasteiger partial charge in [0.1, 0.15) is 0 Å². The van der Waals surface area contributed by atoms with Crippen molar-refractivity contribution in [3.8, 4) is 11.5 Å². The van der Waals surface area contributed by atoms with Crippen LogP contribution in [0.4, 0.5) is 0 Å². The molecule has 2 heterocycles. The van der Waals surface area contributed by atoms with Gasteiger partial charge in [0.15, 0.2) is 18.1 Å². The van der Waals surface area contributed by atoms with Gasteiger partial charge >= 0.3 is 5.97 Å². The summed E-state index contributed by atoms with van der Waals surface area (Å²) in [7, 11) is -3.55. The number of carbonyl (C=O) groups excluding carboxylic acids is 2. The number of carbonyl (C=O) groups is 2. The zero-order valence-corrected chi connectivity index (χ0v) is 23.3. The van der Waals surface area contributed by atoms with Crippen LogP contribution in [0, 0.1) is 13.8 Å². The van der Waals surface area contributed by atoms with Gasteiger partial charge in [-0.3, -0.25) is 4.79 Å². The summed E-state index contributed by atoms with van der Waals surface area (Å²) in [6, 6.07) is 13.8. The Morgan fingerprint density at radius 3 is 2.38 bits per heavy atom. The molecule has 39 heavy (non-hydrogen) atoms. The van der Waals surface area contributed by atoms with E-state index in [2.05, 4.69) is 0 Å². The molecule has 9 nitrogen and oxygen atoms in total. The van der Waals surface area contributed by atoms with Crippen LogP contribution in [0.25, 0.3) is 6.08 Å². The van der Waals surface area contributed by atoms with Crippen molar-refractivity contribution in [3.63, 3.8) is 0 Å². The standard InChI is InChI=1S/C29H32N2O7S/c1-5-30(6-2)39(34,35)24-11-7-22(8-12-24)10-14-29(33)36-18-26(32)25-15-20(3)31(21(25)4)17-23-9-13-27-28(16-23)38-19-37-27/h7-16H,5-6,17-19H2,1-4H3.